The van der Waals surface area contributed by atoms with Crippen LogP contribution in [0.5, 0.6) is 0 Å². The monoisotopic (exact) mass is 180 g/mol. The van der Waals surface area contributed by atoms with Gasteiger partial charge in [-0.2, -0.15) is 0 Å². The molecule has 0 saturated heterocycles. The van der Waals surface area contributed by atoms with Crippen LogP contribution in [0.15, 0.2) is 23.0 Å². The Hall–Kier alpha value is -1.71. The van der Waals surface area contributed by atoms with E-state index in [0.29, 0.717) is 6.29 Å². The molecule has 0 saturated carbocycles. The van der Waals surface area contributed by atoms with Crippen LogP contribution in [-0.4, -0.2) is 25.0 Å². The topological polar surface area (TPSA) is 60.4 Å². The quantitative estimate of drug-likeness (QED) is 0.345. The second-order valence-electron chi connectivity index (χ2n) is 2.59. The lowest BCUT2D eigenvalue weighted by molar-refractivity contribution is -0.120. The number of ether oxygens (including phenoxy) is 1. The lowest BCUT2D eigenvalue weighted by Gasteiger charge is -2.11. The summed E-state index contributed by atoms with van der Waals surface area (Å²) in [6, 6.07) is 0. The molecular weight excluding hydrogens is 172 g/mol. The van der Waals surface area contributed by atoms with Crippen LogP contribution in [0.1, 0.15) is 6.92 Å². The van der Waals surface area contributed by atoms with Gasteiger partial charge in [0.25, 0.3) is 0 Å². The van der Waals surface area contributed by atoms with Gasteiger partial charge in [0.2, 0.25) is 5.78 Å². The second-order valence-corrected chi connectivity index (χ2v) is 2.59. The smallest absolute Gasteiger partial charge is 0.224 e. The van der Waals surface area contributed by atoms with Crippen molar-refractivity contribution in [3.8, 4) is 0 Å². The number of hydrogen-bond donors (Lipinski definition) is 0. The van der Waals surface area contributed by atoms with Gasteiger partial charge in [0.1, 0.15) is 5.57 Å². The number of Topliss-reactive ketones (excluding diaryl/α,β-unsaturated/α-hetero) is 1. The molecule has 0 aliphatic heterocycles. The fraction of sp³-hybridized carbons (Fsp3) is 0.222. The normalized spacial score (nSPS) is 17.2. The predicted octanol–water partition coefficient (Wildman–Crippen LogP) is 0.184. The summed E-state index contributed by atoms with van der Waals surface area (Å²) in [5.74, 6) is -1.06. The van der Waals surface area contributed by atoms with Crippen LogP contribution in [0.25, 0.3) is 0 Å². The Bertz CT molecular complexity index is 347. The maximum atomic E-state index is 11.3. The van der Waals surface area contributed by atoms with Gasteiger partial charge in [0.15, 0.2) is 17.8 Å². The van der Waals surface area contributed by atoms with Crippen LogP contribution in [0.4, 0.5) is 0 Å². The zero-order chi connectivity index (χ0) is 10.0. The fourth-order valence-corrected chi connectivity index (χ4v) is 1.07. The largest absolute Gasteiger partial charge is 0.492 e. The number of methoxy groups -OCH3 is 1. The molecule has 0 fully saturated rings. The van der Waals surface area contributed by atoms with Gasteiger partial charge in [0.05, 0.1) is 7.11 Å². The molecule has 0 amide bonds. The summed E-state index contributed by atoms with van der Waals surface area (Å²) in [7, 11) is 1.25. The minimum atomic E-state index is -0.482. The van der Waals surface area contributed by atoms with Gasteiger partial charge in [-0.3, -0.25) is 14.4 Å². The minimum Gasteiger partial charge on any atom is -0.492 e. The number of allylic oxidation sites excluding steroid dienone is 3. The van der Waals surface area contributed by atoms with E-state index in [0.717, 1.165) is 6.08 Å². The first kappa shape index (κ1) is 9.38. The van der Waals surface area contributed by atoms with E-state index < -0.39 is 11.6 Å². The number of hydrogen-bond acceptors (Lipinski definition) is 4. The standard InChI is InChI=1S/C9H8O4/c1-5-3-7(11)6(4-10)9(13-2)8(5)12/h3-4H,1-2H3. The zero-order valence-electron chi connectivity index (χ0n) is 7.29. The van der Waals surface area contributed by atoms with Crippen molar-refractivity contribution in [2.45, 2.75) is 6.92 Å². The van der Waals surface area contributed by atoms with Crippen LogP contribution in [0, 0.1) is 0 Å². The molecular formula is C9H8O4. The van der Waals surface area contributed by atoms with Crippen molar-refractivity contribution in [1.82, 2.24) is 0 Å². The number of aldehydes is 1. The lowest BCUT2D eigenvalue weighted by atomic mass is 9.97. The Balaban J connectivity index is 3.27. The first-order valence-corrected chi connectivity index (χ1v) is 3.62. The summed E-state index contributed by atoms with van der Waals surface area (Å²) in [6.45, 7) is 1.50. The van der Waals surface area contributed by atoms with Crippen molar-refractivity contribution >= 4 is 17.9 Å². The summed E-state index contributed by atoms with van der Waals surface area (Å²) < 4.78 is 4.68. The van der Waals surface area contributed by atoms with Crippen LogP contribution in [0.2, 0.25) is 0 Å². The van der Waals surface area contributed by atoms with Crippen molar-refractivity contribution < 1.29 is 19.1 Å². The Morgan fingerprint density at radius 1 is 1.38 bits per heavy atom. The number of ketones is 2. The first-order valence-electron chi connectivity index (χ1n) is 3.62. The molecule has 0 N–H and O–H groups in total. The molecule has 13 heavy (non-hydrogen) atoms. The molecule has 0 aromatic heterocycles. The molecule has 1 aliphatic carbocycles. The minimum absolute atomic E-state index is 0.167. The van der Waals surface area contributed by atoms with Crippen molar-refractivity contribution in [2.75, 3.05) is 7.11 Å². The molecule has 0 unspecified atom stereocenters. The van der Waals surface area contributed by atoms with Gasteiger partial charge >= 0.3 is 0 Å². The highest BCUT2D eigenvalue weighted by Crippen LogP contribution is 2.17. The van der Waals surface area contributed by atoms with Crippen LogP contribution in [0.3, 0.4) is 0 Å². The SMILES string of the molecule is COC1=C(C=O)C(=O)C=C(C)C1=O. The number of rotatable bonds is 2. The first-order chi connectivity index (χ1) is 6.11. The molecule has 68 valence electrons. The highest BCUT2D eigenvalue weighted by molar-refractivity contribution is 6.28. The number of carbonyl (C=O) groups is 3. The van der Waals surface area contributed by atoms with Crippen molar-refractivity contribution in [3.63, 3.8) is 0 Å². The third-order valence-electron chi connectivity index (χ3n) is 1.74. The molecule has 0 atom stereocenters. The highest BCUT2D eigenvalue weighted by atomic mass is 16.5. The second kappa shape index (κ2) is 3.35. The molecule has 1 rings (SSSR count). The molecule has 0 bridgehead atoms. The Morgan fingerprint density at radius 2 is 2.00 bits per heavy atom. The van der Waals surface area contributed by atoms with E-state index in [4.69, 9.17) is 0 Å². The average Bonchev–Trinajstić information content (AvgIpc) is 2.10. The lowest BCUT2D eigenvalue weighted by Crippen LogP contribution is -2.20. The summed E-state index contributed by atoms with van der Waals surface area (Å²) in [6.07, 6.45) is 1.47. The Morgan fingerprint density at radius 3 is 2.46 bits per heavy atom. The maximum absolute atomic E-state index is 11.3. The van der Waals surface area contributed by atoms with E-state index in [1.54, 1.807) is 0 Å². The maximum Gasteiger partial charge on any atom is 0.224 e. The molecule has 1 aliphatic rings. The molecule has 0 aromatic rings. The third-order valence-corrected chi connectivity index (χ3v) is 1.74. The van der Waals surface area contributed by atoms with Crippen molar-refractivity contribution in [2.24, 2.45) is 0 Å². The van der Waals surface area contributed by atoms with Gasteiger partial charge < -0.3 is 4.74 Å². The average molecular weight is 180 g/mol. The van der Waals surface area contributed by atoms with Gasteiger partial charge in [-0.25, -0.2) is 0 Å². The summed E-state index contributed by atoms with van der Waals surface area (Å²) >= 11 is 0. The van der Waals surface area contributed by atoms with Crippen LogP contribution >= 0.6 is 0 Å². The molecule has 0 radical (unpaired) electrons. The summed E-state index contributed by atoms with van der Waals surface area (Å²) in [5.41, 5.74) is 0.0746. The van der Waals surface area contributed by atoms with Gasteiger partial charge in [0, 0.05) is 5.57 Å². The highest BCUT2D eigenvalue weighted by Gasteiger charge is 2.26. The summed E-state index contributed by atoms with van der Waals surface area (Å²) in [5, 5.41) is 0. The van der Waals surface area contributed by atoms with E-state index in [9.17, 15) is 14.4 Å². The van der Waals surface area contributed by atoms with Gasteiger partial charge in [-0.1, -0.05) is 0 Å². The van der Waals surface area contributed by atoms with Crippen LogP contribution in [-0.2, 0) is 19.1 Å². The zero-order valence-corrected chi connectivity index (χ0v) is 7.29. The van der Waals surface area contributed by atoms with E-state index in [2.05, 4.69) is 4.74 Å². The molecule has 0 aromatic carbocycles. The van der Waals surface area contributed by atoms with Gasteiger partial charge in [-0.15, -0.1) is 0 Å². The molecule has 4 heteroatoms. The summed E-state index contributed by atoms with van der Waals surface area (Å²) in [4.78, 5) is 32.9. The molecule has 0 heterocycles. The van der Waals surface area contributed by atoms with Crippen LogP contribution < -0.4 is 0 Å². The van der Waals surface area contributed by atoms with Crippen molar-refractivity contribution in [3.05, 3.63) is 23.0 Å². The van der Waals surface area contributed by atoms with E-state index in [1.165, 1.54) is 14.0 Å². The van der Waals surface area contributed by atoms with Crippen molar-refractivity contribution in [1.29, 1.82) is 0 Å². The Labute approximate surface area is 74.9 Å². The van der Waals surface area contributed by atoms with E-state index in [-0.39, 0.29) is 16.9 Å². The molecule has 0 spiro atoms. The van der Waals surface area contributed by atoms with Gasteiger partial charge in [-0.05, 0) is 13.0 Å². The number of carbonyl (C=O) groups excluding carboxylic acids is 3. The Kier molecular flexibility index (Phi) is 2.41. The van der Waals surface area contributed by atoms with E-state index >= 15 is 0 Å². The molecule has 4 nitrogen and oxygen atoms in total. The predicted molar refractivity (Wildman–Crippen MR) is 43.9 cm³/mol. The van der Waals surface area contributed by atoms with E-state index in [1.807, 2.05) is 0 Å². The fourth-order valence-electron chi connectivity index (χ4n) is 1.07. The third kappa shape index (κ3) is 1.42.